The molecule has 3 amide bonds. The van der Waals surface area contributed by atoms with Crippen molar-refractivity contribution in [1.29, 1.82) is 0 Å². The molecular formula is C31H24BrClN4O3. The Morgan fingerprint density at radius 1 is 0.775 bits per heavy atom. The van der Waals surface area contributed by atoms with Crippen molar-refractivity contribution in [2.45, 2.75) is 5.92 Å². The molecule has 0 saturated heterocycles. The molecule has 9 heteroatoms. The standard InChI is InChI=1S/C31H24BrClN4O3/c32-23-11-16-27-22(17-23)18-28(29(38)35-25-14-12-24(33)13-15-25)37(27)36-31(40)30(39)34-19-26(20-7-3-1-4-8-20)21-9-5-2-6-10-21/h1-18,26H,19H2,(H,34,39)(H,35,38)(H,36,40). The Labute approximate surface area is 244 Å². The minimum absolute atomic E-state index is 0.148. The van der Waals surface area contributed by atoms with Gasteiger partial charge in [0.25, 0.3) is 5.91 Å². The molecule has 3 N–H and O–H groups in total. The molecule has 0 radical (unpaired) electrons. The van der Waals surface area contributed by atoms with Crippen molar-refractivity contribution in [3.8, 4) is 0 Å². The molecule has 1 aromatic heterocycles. The number of nitrogens with zero attached hydrogens (tertiary/aromatic N) is 1. The number of halogens is 2. The van der Waals surface area contributed by atoms with Crippen LogP contribution in [0.3, 0.4) is 0 Å². The molecule has 0 atom stereocenters. The molecule has 5 aromatic rings. The minimum Gasteiger partial charge on any atom is -0.347 e. The predicted octanol–water partition coefficient (Wildman–Crippen LogP) is 6.33. The van der Waals surface area contributed by atoms with Gasteiger partial charge in [-0.2, -0.15) is 0 Å². The zero-order valence-electron chi connectivity index (χ0n) is 21.1. The molecule has 0 aliphatic heterocycles. The van der Waals surface area contributed by atoms with Crippen molar-refractivity contribution < 1.29 is 14.4 Å². The van der Waals surface area contributed by atoms with Crippen LogP contribution >= 0.6 is 27.5 Å². The van der Waals surface area contributed by atoms with Crippen molar-refractivity contribution in [3.05, 3.63) is 136 Å². The first kappa shape index (κ1) is 27.2. The van der Waals surface area contributed by atoms with Gasteiger partial charge in [-0.25, -0.2) is 4.68 Å². The highest BCUT2D eigenvalue weighted by Crippen LogP contribution is 2.25. The average molecular weight is 616 g/mol. The maximum absolute atomic E-state index is 13.2. The summed E-state index contributed by atoms with van der Waals surface area (Å²) >= 11 is 9.39. The maximum atomic E-state index is 13.2. The summed E-state index contributed by atoms with van der Waals surface area (Å²) in [5, 5.41) is 6.79. The number of carbonyl (C=O) groups excluding carboxylic acids is 3. The normalized spacial score (nSPS) is 10.9. The topological polar surface area (TPSA) is 92.2 Å². The Morgan fingerprint density at radius 3 is 2.02 bits per heavy atom. The molecule has 4 aromatic carbocycles. The van der Waals surface area contributed by atoms with Crippen LogP contribution in [0.5, 0.6) is 0 Å². The van der Waals surface area contributed by atoms with Crippen molar-refractivity contribution in [1.82, 2.24) is 9.99 Å². The van der Waals surface area contributed by atoms with Crippen molar-refractivity contribution >= 4 is 61.8 Å². The van der Waals surface area contributed by atoms with Crippen LogP contribution in [0.1, 0.15) is 27.5 Å². The number of rotatable bonds is 7. The second-order valence-electron chi connectivity index (χ2n) is 9.05. The van der Waals surface area contributed by atoms with Gasteiger partial charge >= 0.3 is 11.8 Å². The first-order valence-electron chi connectivity index (χ1n) is 12.5. The van der Waals surface area contributed by atoms with Gasteiger partial charge in [0.2, 0.25) is 0 Å². The first-order valence-corrected chi connectivity index (χ1v) is 13.6. The van der Waals surface area contributed by atoms with E-state index < -0.39 is 17.7 Å². The van der Waals surface area contributed by atoms with Crippen LogP contribution in [-0.2, 0) is 9.59 Å². The predicted molar refractivity (Wildman–Crippen MR) is 161 cm³/mol. The summed E-state index contributed by atoms with van der Waals surface area (Å²) in [4.78, 5) is 39.3. The molecule has 7 nitrogen and oxygen atoms in total. The van der Waals surface area contributed by atoms with E-state index in [4.69, 9.17) is 11.6 Å². The number of hydrogen-bond donors (Lipinski definition) is 3. The molecular weight excluding hydrogens is 592 g/mol. The second-order valence-corrected chi connectivity index (χ2v) is 10.4. The van der Waals surface area contributed by atoms with Crippen LogP contribution in [0.2, 0.25) is 5.02 Å². The van der Waals surface area contributed by atoms with E-state index in [2.05, 4.69) is 32.0 Å². The lowest BCUT2D eigenvalue weighted by atomic mass is 9.91. The third-order valence-electron chi connectivity index (χ3n) is 6.39. The molecule has 5 rings (SSSR count). The van der Waals surface area contributed by atoms with Crippen LogP contribution in [0.25, 0.3) is 10.9 Å². The fourth-order valence-corrected chi connectivity index (χ4v) is 4.93. The molecule has 200 valence electrons. The molecule has 0 aliphatic rings. The Hall–Kier alpha value is -4.40. The van der Waals surface area contributed by atoms with Crippen molar-refractivity contribution in [2.75, 3.05) is 17.3 Å². The van der Waals surface area contributed by atoms with Crippen LogP contribution in [0, 0.1) is 0 Å². The largest absolute Gasteiger partial charge is 0.347 e. The van der Waals surface area contributed by atoms with E-state index >= 15 is 0 Å². The summed E-state index contributed by atoms with van der Waals surface area (Å²) in [6, 6.07) is 33.2. The SMILES string of the molecule is O=C(NCC(c1ccccc1)c1ccccc1)C(=O)Nn1c(C(=O)Nc2ccc(Cl)cc2)cc2cc(Br)ccc21. The molecule has 1 heterocycles. The Balaban J connectivity index is 1.36. The zero-order valence-corrected chi connectivity index (χ0v) is 23.4. The summed E-state index contributed by atoms with van der Waals surface area (Å²) in [7, 11) is 0. The molecule has 40 heavy (non-hydrogen) atoms. The number of hydrogen-bond acceptors (Lipinski definition) is 3. The summed E-state index contributed by atoms with van der Waals surface area (Å²) in [5.41, 5.74) is 5.86. The molecule has 0 saturated carbocycles. The third-order valence-corrected chi connectivity index (χ3v) is 7.13. The fraction of sp³-hybridized carbons (Fsp3) is 0.0645. The van der Waals surface area contributed by atoms with Gasteiger partial charge in [-0.15, -0.1) is 0 Å². The highest BCUT2D eigenvalue weighted by Gasteiger charge is 2.22. The van der Waals surface area contributed by atoms with E-state index in [1.165, 1.54) is 4.68 Å². The van der Waals surface area contributed by atoms with Gasteiger partial charge < -0.3 is 10.6 Å². The monoisotopic (exact) mass is 614 g/mol. The summed E-state index contributed by atoms with van der Waals surface area (Å²) in [5.74, 6) is -2.34. The van der Waals surface area contributed by atoms with Crippen LogP contribution in [0.4, 0.5) is 5.69 Å². The minimum atomic E-state index is -0.902. The number of fused-ring (bicyclic) bond motifs is 1. The lowest BCUT2D eigenvalue weighted by molar-refractivity contribution is -0.136. The van der Waals surface area contributed by atoms with Gasteiger partial charge in [0.1, 0.15) is 5.69 Å². The van der Waals surface area contributed by atoms with E-state index in [0.717, 1.165) is 15.6 Å². The first-order chi connectivity index (χ1) is 19.4. The van der Waals surface area contributed by atoms with E-state index in [9.17, 15) is 14.4 Å². The van der Waals surface area contributed by atoms with E-state index in [1.54, 1.807) is 42.5 Å². The van der Waals surface area contributed by atoms with Gasteiger partial charge in [-0.3, -0.25) is 19.8 Å². The third kappa shape index (κ3) is 6.25. The summed E-state index contributed by atoms with van der Waals surface area (Å²) < 4.78 is 2.12. The molecule has 0 spiro atoms. The van der Waals surface area contributed by atoms with E-state index in [1.807, 2.05) is 66.7 Å². The molecule has 0 unspecified atom stereocenters. The highest BCUT2D eigenvalue weighted by atomic mass is 79.9. The van der Waals surface area contributed by atoms with Gasteiger partial charge in [0.05, 0.1) is 5.52 Å². The Kier molecular flexibility index (Phi) is 8.28. The number of nitrogens with one attached hydrogen (secondary N) is 3. The van der Waals surface area contributed by atoms with Crippen molar-refractivity contribution in [2.24, 2.45) is 0 Å². The lowest BCUT2D eigenvalue weighted by Crippen LogP contribution is -2.41. The van der Waals surface area contributed by atoms with E-state index in [-0.39, 0.29) is 18.2 Å². The van der Waals surface area contributed by atoms with Crippen LogP contribution in [0.15, 0.2) is 114 Å². The van der Waals surface area contributed by atoms with Crippen LogP contribution < -0.4 is 16.1 Å². The summed E-state index contributed by atoms with van der Waals surface area (Å²) in [6.07, 6.45) is 0. The zero-order chi connectivity index (χ0) is 28.1. The number of amides is 3. The van der Waals surface area contributed by atoms with Gasteiger partial charge in [-0.05, 0) is 59.7 Å². The second kappa shape index (κ2) is 12.2. The number of anilines is 1. The lowest BCUT2D eigenvalue weighted by Gasteiger charge is -2.19. The number of aromatic nitrogens is 1. The summed E-state index contributed by atoms with van der Waals surface area (Å²) in [6.45, 7) is 0.212. The van der Waals surface area contributed by atoms with E-state index in [0.29, 0.717) is 21.6 Å². The number of benzene rings is 4. The maximum Gasteiger partial charge on any atom is 0.328 e. The molecule has 0 fully saturated rings. The molecule has 0 bridgehead atoms. The smallest absolute Gasteiger partial charge is 0.328 e. The van der Waals surface area contributed by atoms with Crippen LogP contribution in [-0.4, -0.2) is 28.9 Å². The Morgan fingerprint density at radius 2 is 1.40 bits per heavy atom. The fourth-order valence-electron chi connectivity index (χ4n) is 4.43. The highest BCUT2D eigenvalue weighted by molar-refractivity contribution is 9.10. The Bertz CT molecular complexity index is 1630. The van der Waals surface area contributed by atoms with Gasteiger partial charge in [0, 0.05) is 33.0 Å². The average Bonchev–Trinajstić information content (AvgIpc) is 3.32. The number of carbonyl (C=O) groups is 3. The van der Waals surface area contributed by atoms with Crippen molar-refractivity contribution in [3.63, 3.8) is 0 Å². The van der Waals surface area contributed by atoms with Gasteiger partial charge in [0.15, 0.2) is 0 Å². The molecule has 0 aliphatic carbocycles. The quantitative estimate of drug-likeness (QED) is 0.187. The van der Waals surface area contributed by atoms with Gasteiger partial charge in [-0.1, -0.05) is 88.2 Å².